The fraction of sp³-hybridized carbons (Fsp3) is 0.385. The minimum absolute atomic E-state index is 0.125. The van der Waals surface area contributed by atoms with Crippen LogP contribution in [0.4, 0.5) is 23.2 Å². The van der Waals surface area contributed by atoms with Crippen molar-refractivity contribution in [2.24, 2.45) is 4.99 Å². The van der Waals surface area contributed by atoms with Crippen LogP contribution in [0.25, 0.3) is 0 Å². The molecular weight excluding hydrogens is 356 g/mol. The predicted octanol–water partition coefficient (Wildman–Crippen LogP) is 3.00. The molecule has 2 rings (SSSR count). The van der Waals surface area contributed by atoms with Crippen LogP contribution >= 0.6 is 11.8 Å². The molecule has 0 bridgehead atoms. The lowest BCUT2D eigenvalue weighted by Crippen LogP contribution is -2.24. The van der Waals surface area contributed by atoms with Crippen LogP contribution in [0, 0.1) is 12.7 Å². The molecule has 0 spiro atoms. The second-order valence-corrected chi connectivity index (χ2v) is 7.17. The lowest BCUT2D eigenvalue weighted by Gasteiger charge is -2.15. The van der Waals surface area contributed by atoms with Crippen LogP contribution in [0.3, 0.4) is 0 Å². The normalized spacial score (nSPS) is 18.8. The molecule has 1 amide bonds. The Balaban J connectivity index is 2.37. The first-order valence-corrected chi connectivity index (χ1v) is 8.62. The van der Waals surface area contributed by atoms with Crippen molar-refractivity contribution >= 4 is 39.7 Å². The highest BCUT2D eigenvalue weighted by Crippen LogP contribution is 2.31. The Labute approximate surface area is 137 Å². The van der Waals surface area contributed by atoms with Crippen LogP contribution in [0.2, 0.25) is 0 Å². The van der Waals surface area contributed by atoms with E-state index in [-0.39, 0.29) is 33.0 Å². The van der Waals surface area contributed by atoms with Crippen molar-refractivity contribution in [3.63, 3.8) is 0 Å². The largest absolute Gasteiger partial charge is 0.611 e. The van der Waals surface area contributed by atoms with Crippen molar-refractivity contribution in [1.29, 1.82) is 0 Å². The van der Waals surface area contributed by atoms with Crippen molar-refractivity contribution in [2.45, 2.75) is 18.0 Å². The molecule has 1 aliphatic heterocycles. The Bertz CT molecular complexity index is 664. The van der Waals surface area contributed by atoms with Gasteiger partial charge in [-0.25, -0.2) is 9.38 Å². The van der Waals surface area contributed by atoms with Crippen molar-refractivity contribution in [1.82, 2.24) is 4.90 Å². The number of benzene rings is 1. The maximum absolute atomic E-state index is 14.0. The summed E-state index contributed by atoms with van der Waals surface area (Å²) in [5.74, 6) is -2.31. The molecule has 23 heavy (non-hydrogen) atoms. The topological polar surface area (TPSA) is 55.7 Å². The number of alkyl halides is 3. The van der Waals surface area contributed by atoms with Crippen LogP contribution in [0.1, 0.15) is 5.56 Å². The van der Waals surface area contributed by atoms with Gasteiger partial charge in [-0.05, 0) is 24.2 Å². The molecule has 1 heterocycles. The first-order chi connectivity index (χ1) is 10.6. The summed E-state index contributed by atoms with van der Waals surface area (Å²) < 4.78 is 63.0. The molecule has 1 saturated heterocycles. The molecular formula is C13H12F4N2O2S2. The zero-order valence-corrected chi connectivity index (χ0v) is 13.7. The highest BCUT2D eigenvalue weighted by atomic mass is 32.2. The minimum atomic E-state index is -4.59. The smallest absolute Gasteiger partial charge is 0.433 e. The molecule has 126 valence electrons. The van der Waals surface area contributed by atoms with Crippen LogP contribution in [0.5, 0.6) is 0 Å². The summed E-state index contributed by atoms with van der Waals surface area (Å²) in [5.41, 5.74) is -0.0947. The fourth-order valence-corrected chi connectivity index (χ4v) is 3.85. The van der Waals surface area contributed by atoms with Gasteiger partial charge in [-0.3, -0.25) is 9.69 Å². The van der Waals surface area contributed by atoms with Crippen LogP contribution in [-0.4, -0.2) is 45.3 Å². The molecule has 1 aromatic rings. The highest BCUT2D eigenvalue weighted by Gasteiger charge is 2.36. The number of hydrogen-bond acceptors (Lipinski definition) is 4. The third-order valence-corrected chi connectivity index (χ3v) is 5.52. The molecule has 1 aliphatic rings. The second kappa shape index (κ2) is 6.70. The van der Waals surface area contributed by atoms with Gasteiger partial charge in [-0.15, -0.1) is 0 Å². The average molecular weight is 368 g/mol. The minimum Gasteiger partial charge on any atom is -0.611 e. The average Bonchev–Trinajstić information content (AvgIpc) is 2.71. The number of halogens is 4. The zero-order valence-electron chi connectivity index (χ0n) is 12.1. The molecule has 10 heteroatoms. The lowest BCUT2D eigenvalue weighted by molar-refractivity contribution is -0.123. The molecule has 0 radical (unpaired) electrons. The van der Waals surface area contributed by atoms with Gasteiger partial charge < -0.3 is 4.55 Å². The summed E-state index contributed by atoms with van der Waals surface area (Å²) >= 11 is -1.26. The van der Waals surface area contributed by atoms with Gasteiger partial charge in [0.05, 0.1) is 5.75 Å². The summed E-state index contributed by atoms with van der Waals surface area (Å²) in [4.78, 5) is 16.5. The van der Waals surface area contributed by atoms with E-state index in [2.05, 4.69) is 4.99 Å². The number of aliphatic imine (C=N–C) groups is 1. The summed E-state index contributed by atoms with van der Waals surface area (Å²) in [6.45, 7) is 1.38. The third-order valence-electron chi connectivity index (χ3n) is 2.99. The molecule has 0 N–H and O–H groups in total. The van der Waals surface area contributed by atoms with E-state index in [1.807, 2.05) is 0 Å². The fourth-order valence-electron chi connectivity index (χ4n) is 1.84. The van der Waals surface area contributed by atoms with Gasteiger partial charge in [0.1, 0.15) is 11.5 Å². The number of carbonyl (C=O) groups is 1. The van der Waals surface area contributed by atoms with E-state index < -0.39 is 28.9 Å². The van der Waals surface area contributed by atoms with Crippen LogP contribution < -0.4 is 0 Å². The van der Waals surface area contributed by atoms with E-state index in [0.29, 0.717) is 0 Å². The van der Waals surface area contributed by atoms with Gasteiger partial charge in [0.2, 0.25) is 11.7 Å². The van der Waals surface area contributed by atoms with E-state index >= 15 is 0 Å². The molecule has 0 aliphatic carbocycles. The highest BCUT2D eigenvalue weighted by molar-refractivity contribution is 8.15. The van der Waals surface area contributed by atoms with Crippen LogP contribution in [-0.2, 0) is 16.0 Å². The Morgan fingerprint density at radius 3 is 2.61 bits per heavy atom. The van der Waals surface area contributed by atoms with Gasteiger partial charge in [0.15, 0.2) is 10.1 Å². The van der Waals surface area contributed by atoms with E-state index in [0.717, 1.165) is 23.9 Å². The van der Waals surface area contributed by atoms with Gasteiger partial charge in [0.25, 0.3) is 0 Å². The Kier molecular flexibility index (Phi) is 5.27. The molecule has 4 nitrogen and oxygen atoms in total. The number of rotatable bonds is 3. The summed E-state index contributed by atoms with van der Waals surface area (Å²) in [6, 6.07) is 2.03. The van der Waals surface area contributed by atoms with Gasteiger partial charge in [0, 0.05) is 18.7 Å². The Hall–Kier alpha value is -1.26. The number of nitrogens with zero attached hydrogens (tertiary/aromatic N) is 2. The van der Waals surface area contributed by atoms with Gasteiger partial charge in [-0.2, -0.15) is 13.2 Å². The number of hydrogen-bond donors (Lipinski definition) is 0. The SMILES string of the molecule is Cc1cc(F)c(/N=C2\SCC(=O)N2C)cc1[S+]([O-])CC(F)(F)F. The van der Waals surface area contributed by atoms with Crippen molar-refractivity contribution < 1.29 is 26.9 Å². The number of carbonyl (C=O) groups excluding carboxylic acids is 1. The predicted molar refractivity (Wildman–Crippen MR) is 80.8 cm³/mol. The Morgan fingerprint density at radius 2 is 2.09 bits per heavy atom. The van der Waals surface area contributed by atoms with E-state index in [9.17, 15) is 26.9 Å². The van der Waals surface area contributed by atoms with Crippen LogP contribution in [0.15, 0.2) is 22.0 Å². The third kappa shape index (κ3) is 4.39. The lowest BCUT2D eigenvalue weighted by atomic mass is 10.2. The molecule has 0 saturated carbocycles. The quantitative estimate of drug-likeness (QED) is 0.609. The molecule has 1 fully saturated rings. The maximum Gasteiger partial charge on any atom is 0.433 e. The van der Waals surface area contributed by atoms with Crippen molar-refractivity contribution in [3.8, 4) is 0 Å². The monoisotopic (exact) mass is 368 g/mol. The number of amidine groups is 1. The van der Waals surface area contributed by atoms with E-state index in [4.69, 9.17) is 0 Å². The molecule has 1 unspecified atom stereocenters. The summed E-state index contributed by atoms with van der Waals surface area (Å²) in [5, 5.41) is 0.241. The van der Waals surface area contributed by atoms with Crippen molar-refractivity contribution in [2.75, 3.05) is 18.6 Å². The van der Waals surface area contributed by atoms with E-state index in [1.165, 1.54) is 18.9 Å². The van der Waals surface area contributed by atoms with Crippen molar-refractivity contribution in [3.05, 3.63) is 23.5 Å². The first-order valence-electron chi connectivity index (χ1n) is 6.32. The zero-order chi connectivity index (χ0) is 17.4. The van der Waals surface area contributed by atoms with E-state index in [1.54, 1.807) is 0 Å². The second-order valence-electron chi connectivity index (χ2n) is 4.81. The first kappa shape index (κ1) is 18.1. The molecule has 0 aromatic heterocycles. The molecule has 1 aromatic carbocycles. The van der Waals surface area contributed by atoms with Gasteiger partial charge >= 0.3 is 6.18 Å². The standard InChI is InChI=1S/C13H12F4N2O2S2/c1-7-3-8(14)9(18-12-19(2)11(20)5-22-12)4-10(7)23(21)6-13(15,16)17/h3-4H,5-6H2,1-2H3/b18-12-. The molecule has 1 atom stereocenters. The summed E-state index contributed by atoms with van der Waals surface area (Å²) in [6.07, 6.45) is -4.59. The number of aryl methyl sites for hydroxylation is 1. The Morgan fingerprint density at radius 1 is 1.43 bits per heavy atom. The number of amides is 1. The number of thioether (sulfide) groups is 1. The maximum atomic E-state index is 14.0. The summed E-state index contributed by atoms with van der Waals surface area (Å²) in [7, 11) is 1.47. The van der Waals surface area contributed by atoms with Gasteiger partial charge in [-0.1, -0.05) is 11.8 Å².